The third-order valence-corrected chi connectivity index (χ3v) is 3.38. The van der Waals surface area contributed by atoms with Crippen molar-refractivity contribution in [3.63, 3.8) is 0 Å². The van der Waals surface area contributed by atoms with E-state index >= 15 is 0 Å². The SMILES string of the molecule is CC(=O)SC1=C(C#N)C(C)(C)C(C#N)C(=O)N1. The molecular formula is C11H11N3O2S. The van der Waals surface area contributed by atoms with Crippen molar-refractivity contribution in [2.75, 3.05) is 0 Å². The van der Waals surface area contributed by atoms with Crippen LogP contribution >= 0.6 is 11.8 Å². The number of nitrogens with one attached hydrogen (secondary N) is 1. The maximum atomic E-state index is 11.7. The first kappa shape index (κ1) is 13.3. The number of nitrogens with zero attached hydrogens (tertiary/aromatic N) is 2. The monoisotopic (exact) mass is 249 g/mol. The van der Waals surface area contributed by atoms with Crippen molar-refractivity contribution < 1.29 is 9.59 Å². The molecule has 0 aromatic carbocycles. The van der Waals surface area contributed by atoms with E-state index < -0.39 is 17.2 Å². The van der Waals surface area contributed by atoms with Gasteiger partial charge in [-0.15, -0.1) is 0 Å². The molecule has 1 aliphatic rings. The fourth-order valence-corrected chi connectivity index (χ4v) is 2.50. The fraction of sp³-hybridized carbons (Fsp3) is 0.455. The molecule has 0 bridgehead atoms. The predicted molar refractivity (Wildman–Crippen MR) is 61.9 cm³/mol. The molecule has 1 N–H and O–H groups in total. The van der Waals surface area contributed by atoms with Gasteiger partial charge in [0.05, 0.1) is 22.7 Å². The first-order valence-electron chi connectivity index (χ1n) is 4.88. The second-order valence-electron chi connectivity index (χ2n) is 4.18. The smallest absolute Gasteiger partial charge is 0.243 e. The van der Waals surface area contributed by atoms with Gasteiger partial charge in [-0.3, -0.25) is 9.59 Å². The molecule has 1 amide bonds. The molecule has 88 valence electrons. The minimum atomic E-state index is -0.923. The predicted octanol–water partition coefficient (Wildman–Crippen LogP) is 1.30. The summed E-state index contributed by atoms with van der Waals surface area (Å²) in [4.78, 5) is 22.7. The Labute approximate surface area is 103 Å². The van der Waals surface area contributed by atoms with Crippen molar-refractivity contribution >= 4 is 22.8 Å². The summed E-state index contributed by atoms with van der Waals surface area (Å²) in [6.07, 6.45) is 0. The zero-order valence-electron chi connectivity index (χ0n) is 9.70. The number of nitriles is 2. The normalized spacial score (nSPS) is 22.4. The number of allylic oxidation sites excluding steroid dienone is 1. The van der Waals surface area contributed by atoms with Crippen LogP contribution in [0.5, 0.6) is 0 Å². The lowest BCUT2D eigenvalue weighted by Gasteiger charge is -2.34. The third kappa shape index (κ3) is 2.32. The molecule has 6 heteroatoms. The molecule has 0 fully saturated rings. The van der Waals surface area contributed by atoms with Crippen LogP contribution in [0.3, 0.4) is 0 Å². The number of carbonyl (C=O) groups is 2. The van der Waals surface area contributed by atoms with Crippen LogP contribution < -0.4 is 5.32 Å². The van der Waals surface area contributed by atoms with Crippen molar-refractivity contribution in [3.8, 4) is 12.1 Å². The summed E-state index contributed by atoms with van der Waals surface area (Å²) in [6.45, 7) is 4.65. The molecule has 17 heavy (non-hydrogen) atoms. The average Bonchev–Trinajstić information content (AvgIpc) is 2.15. The minimum Gasteiger partial charge on any atom is -0.318 e. The summed E-state index contributed by atoms with van der Waals surface area (Å²) < 4.78 is 0. The zero-order chi connectivity index (χ0) is 13.2. The van der Waals surface area contributed by atoms with E-state index in [9.17, 15) is 9.59 Å². The molecule has 0 aromatic heterocycles. The van der Waals surface area contributed by atoms with Gasteiger partial charge in [-0.2, -0.15) is 10.5 Å². The average molecular weight is 249 g/mol. The summed E-state index contributed by atoms with van der Waals surface area (Å²) in [5, 5.41) is 20.5. The first-order valence-corrected chi connectivity index (χ1v) is 5.70. The van der Waals surface area contributed by atoms with Gasteiger partial charge in [0.2, 0.25) is 5.91 Å². The molecule has 0 saturated heterocycles. The van der Waals surface area contributed by atoms with Crippen LogP contribution in [0.25, 0.3) is 0 Å². The highest BCUT2D eigenvalue weighted by Gasteiger charge is 2.44. The number of thioether (sulfide) groups is 1. The van der Waals surface area contributed by atoms with Gasteiger partial charge in [0.15, 0.2) is 5.12 Å². The molecule has 1 heterocycles. The molecule has 5 nitrogen and oxygen atoms in total. The van der Waals surface area contributed by atoms with Crippen LogP contribution in [0.4, 0.5) is 0 Å². The maximum Gasteiger partial charge on any atom is 0.243 e. The number of rotatable bonds is 1. The van der Waals surface area contributed by atoms with E-state index in [0.717, 1.165) is 11.8 Å². The standard InChI is InChI=1S/C11H11N3O2S/c1-6(15)17-10-8(5-13)11(2,3)7(4-12)9(16)14-10/h7H,1-3H3,(H,14,16). The Morgan fingerprint density at radius 1 is 1.47 bits per heavy atom. The molecule has 0 aliphatic carbocycles. The van der Waals surface area contributed by atoms with E-state index in [1.165, 1.54) is 6.92 Å². The zero-order valence-corrected chi connectivity index (χ0v) is 10.5. The Morgan fingerprint density at radius 3 is 2.47 bits per heavy atom. The number of hydrogen-bond acceptors (Lipinski definition) is 5. The second kappa shape index (κ2) is 4.60. The van der Waals surface area contributed by atoms with Gasteiger partial charge in [0.25, 0.3) is 0 Å². The summed E-state index contributed by atoms with van der Waals surface area (Å²) in [5.74, 6) is -1.39. The summed E-state index contributed by atoms with van der Waals surface area (Å²) >= 11 is 0.804. The Kier molecular flexibility index (Phi) is 3.59. The van der Waals surface area contributed by atoms with Gasteiger partial charge in [-0.05, 0) is 11.8 Å². The summed E-state index contributed by atoms with van der Waals surface area (Å²) in [7, 11) is 0. The van der Waals surface area contributed by atoms with Crippen LogP contribution in [0, 0.1) is 34.0 Å². The van der Waals surface area contributed by atoms with E-state index in [0.29, 0.717) is 0 Å². The summed E-state index contributed by atoms with van der Waals surface area (Å²) in [5.41, 5.74) is -0.618. The van der Waals surface area contributed by atoms with E-state index in [-0.39, 0.29) is 15.7 Å². The Balaban J connectivity index is 3.33. The van der Waals surface area contributed by atoms with Gasteiger partial charge < -0.3 is 5.32 Å². The number of amides is 1. The highest BCUT2D eigenvalue weighted by Crippen LogP contribution is 2.41. The Bertz CT molecular complexity index is 494. The second-order valence-corrected chi connectivity index (χ2v) is 5.37. The van der Waals surface area contributed by atoms with Crippen molar-refractivity contribution in [2.45, 2.75) is 20.8 Å². The molecular weight excluding hydrogens is 238 g/mol. The van der Waals surface area contributed by atoms with Gasteiger partial charge >= 0.3 is 0 Å². The highest BCUT2D eigenvalue weighted by molar-refractivity contribution is 8.16. The van der Waals surface area contributed by atoms with Gasteiger partial charge in [-0.25, -0.2) is 0 Å². The lowest BCUT2D eigenvalue weighted by Crippen LogP contribution is -2.44. The number of carbonyl (C=O) groups excluding carboxylic acids is 2. The first-order chi connectivity index (χ1) is 7.84. The van der Waals surface area contributed by atoms with Gasteiger partial charge in [0, 0.05) is 12.3 Å². The van der Waals surface area contributed by atoms with Crippen molar-refractivity contribution in [2.24, 2.45) is 11.3 Å². The van der Waals surface area contributed by atoms with Crippen LogP contribution in [0.1, 0.15) is 20.8 Å². The maximum absolute atomic E-state index is 11.7. The molecule has 0 radical (unpaired) electrons. The Morgan fingerprint density at radius 2 is 2.06 bits per heavy atom. The molecule has 1 atom stereocenters. The molecule has 1 unspecified atom stereocenters. The van der Waals surface area contributed by atoms with Crippen molar-refractivity contribution in [1.29, 1.82) is 10.5 Å². The molecule has 0 saturated carbocycles. The lowest BCUT2D eigenvalue weighted by atomic mass is 9.72. The topological polar surface area (TPSA) is 93.8 Å². The van der Waals surface area contributed by atoms with Gasteiger partial charge in [-0.1, -0.05) is 13.8 Å². The molecule has 1 rings (SSSR count). The fourth-order valence-electron chi connectivity index (χ4n) is 1.65. The van der Waals surface area contributed by atoms with Crippen molar-refractivity contribution in [3.05, 3.63) is 10.6 Å². The molecule has 0 aromatic rings. The van der Waals surface area contributed by atoms with Gasteiger partial charge in [0.1, 0.15) is 5.92 Å². The largest absolute Gasteiger partial charge is 0.318 e. The van der Waals surface area contributed by atoms with Crippen LogP contribution in [-0.2, 0) is 9.59 Å². The lowest BCUT2D eigenvalue weighted by molar-refractivity contribution is -0.125. The minimum absolute atomic E-state index is 0.223. The van der Waals surface area contributed by atoms with Crippen LogP contribution in [0.2, 0.25) is 0 Å². The highest BCUT2D eigenvalue weighted by atomic mass is 32.2. The van der Waals surface area contributed by atoms with E-state index in [2.05, 4.69) is 5.32 Å². The molecule has 1 aliphatic heterocycles. The Hall–Kier alpha value is -1.79. The number of hydrogen-bond donors (Lipinski definition) is 1. The van der Waals surface area contributed by atoms with Crippen molar-refractivity contribution in [1.82, 2.24) is 5.32 Å². The summed E-state index contributed by atoms with van der Waals surface area (Å²) in [6, 6.07) is 3.87. The third-order valence-electron chi connectivity index (χ3n) is 2.58. The van der Waals surface area contributed by atoms with E-state index in [1.807, 2.05) is 12.1 Å². The van der Waals surface area contributed by atoms with Crippen LogP contribution in [-0.4, -0.2) is 11.0 Å². The van der Waals surface area contributed by atoms with Crippen LogP contribution in [0.15, 0.2) is 10.6 Å². The van der Waals surface area contributed by atoms with E-state index in [4.69, 9.17) is 10.5 Å². The molecule has 0 spiro atoms. The quantitative estimate of drug-likeness (QED) is 0.755. The van der Waals surface area contributed by atoms with E-state index in [1.54, 1.807) is 13.8 Å².